The van der Waals surface area contributed by atoms with Gasteiger partial charge in [-0.1, -0.05) is 17.7 Å². The van der Waals surface area contributed by atoms with Crippen molar-refractivity contribution in [2.24, 2.45) is 0 Å². The summed E-state index contributed by atoms with van der Waals surface area (Å²) in [5.74, 6) is -0.171. The lowest BCUT2D eigenvalue weighted by atomic mass is 10.2. The molecule has 0 radical (unpaired) electrons. The van der Waals surface area contributed by atoms with Crippen LogP contribution in [0.15, 0.2) is 42.5 Å². The van der Waals surface area contributed by atoms with Crippen LogP contribution in [-0.4, -0.2) is 12.5 Å². The van der Waals surface area contributed by atoms with Gasteiger partial charge < -0.3 is 10.1 Å². The SMILES string of the molecule is Cc1c(F)cccc1NC(=O)COc1ccc(Cl)cc1. The van der Waals surface area contributed by atoms with Crippen LogP contribution in [0.4, 0.5) is 10.1 Å². The van der Waals surface area contributed by atoms with E-state index in [1.165, 1.54) is 12.1 Å². The fourth-order valence-corrected chi connectivity index (χ4v) is 1.73. The normalized spacial score (nSPS) is 10.2. The van der Waals surface area contributed by atoms with Crippen molar-refractivity contribution in [1.29, 1.82) is 0 Å². The Kier molecular flexibility index (Phi) is 4.58. The van der Waals surface area contributed by atoms with E-state index in [4.69, 9.17) is 16.3 Å². The highest BCUT2D eigenvalue weighted by Crippen LogP contribution is 2.18. The molecule has 0 aliphatic rings. The summed E-state index contributed by atoms with van der Waals surface area (Å²) in [7, 11) is 0. The first-order chi connectivity index (χ1) is 9.56. The first kappa shape index (κ1) is 14.3. The van der Waals surface area contributed by atoms with Crippen LogP contribution < -0.4 is 10.1 Å². The van der Waals surface area contributed by atoms with Crippen LogP contribution in [0.3, 0.4) is 0 Å². The van der Waals surface area contributed by atoms with Crippen LogP contribution in [0.1, 0.15) is 5.56 Å². The second-order valence-electron chi connectivity index (χ2n) is 4.20. The van der Waals surface area contributed by atoms with Gasteiger partial charge >= 0.3 is 0 Å². The highest BCUT2D eigenvalue weighted by molar-refractivity contribution is 6.30. The molecule has 0 atom stereocenters. The van der Waals surface area contributed by atoms with E-state index >= 15 is 0 Å². The molecule has 104 valence electrons. The molecule has 20 heavy (non-hydrogen) atoms. The van der Waals surface area contributed by atoms with Crippen molar-refractivity contribution in [2.75, 3.05) is 11.9 Å². The number of hydrogen-bond acceptors (Lipinski definition) is 2. The van der Waals surface area contributed by atoms with Crippen LogP contribution in [0, 0.1) is 12.7 Å². The topological polar surface area (TPSA) is 38.3 Å². The fourth-order valence-electron chi connectivity index (χ4n) is 1.61. The third-order valence-corrected chi connectivity index (χ3v) is 2.98. The molecule has 0 saturated heterocycles. The molecule has 0 spiro atoms. The summed E-state index contributed by atoms with van der Waals surface area (Å²) in [5, 5.41) is 3.20. The zero-order valence-corrected chi connectivity index (χ0v) is 11.6. The molecule has 0 saturated carbocycles. The van der Waals surface area contributed by atoms with Gasteiger partial charge in [0, 0.05) is 16.3 Å². The largest absolute Gasteiger partial charge is 0.484 e. The first-order valence-electron chi connectivity index (χ1n) is 5.99. The summed E-state index contributed by atoms with van der Waals surface area (Å²) < 4.78 is 18.6. The zero-order chi connectivity index (χ0) is 14.5. The monoisotopic (exact) mass is 293 g/mol. The quantitative estimate of drug-likeness (QED) is 0.931. The molecule has 5 heteroatoms. The van der Waals surface area contributed by atoms with Crippen molar-refractivity contribution >= 4 is 23.2 Å². The molecule has 2 aromatic carbocycles. The van der Waals surface area contributed by atoms with Crippen molar-refractivity contribution in [1.82, 2.24) is 0 Å². The van der Waals surface area contributed by atoms with Gasteiger partial charge in [-0.15, -0.1) is 0 Å². The molecule has 0 aromatic heterocycles. The highest BCUT2D eigenvalue weighted by Gasteiger charge is 2.08. The van der Waals surface area contributed by atoms with Crippen LogP contribution in [0.25, 0.3) is 0 Å². The maximum atomic E-state index is 13.3. The lowest BCUT2D eigenvalue weighted by Crippen LogP contribution is -2.20. The Morgan fingerprint density at radius 1 is 1.25 bits per heavy atom. The van der Waals surface area contributed by atoms with Gasteiger partial charge in [0.2, 0.25) is 0 Å². The minimum atomic E-state index is -0.360. The van der Waals surface area contributed by atoms with Crippen molar-refractivity contribution in [3.63, 3.8) is 0 Å². The minimum absolute atomic E-state index is 0.155. The van der Waals surface area contributed by atoms with Gasteiger partial charge in [0.25, 0.3) is 5.91 Å². The molecule has 1 amide bonds. The number of amides is 1. The fraction of sp³-hybridized carbons (Fsp3) is 0.133. The maximum absolute atomic E-state index is 13.3. The number of ether oxygens (including phenoxy) is 1. The first-order valence-corrected chi connectivity index (χ1v) is 6.37. The van der Waals surface area contributed by atoms with Gasteiger partial charge in [0.05, 0.1) is 0 Å². The summed E-state index contributed by atoms with van der Waals surface area (Å²) in [6, 6.07) is 11.2. The van der Waals surface area contributed by atoms with Crippen LogP contribution in [0.5, 0.6) is 5.75 Å². The molecule has 1 N–H and O–H groups in total. The number of carbonyl (C=O) groups excluding carboxylic acids is 1. The summed E-state index contributed by atoms with van der Waals surface area (Å²) in [5.41, 5.74) is 0.835. The lowest BCUT2D eigenvalue weighted by molar-refractivity contribution is -0.118. The summed E-state index contributed by atoms with van der Waals surface area (Å²) in [6.07, 6.45) is 0. The van der Waals surface area contributed by atoms with Gasteiger partial charge in [0.1, 0.15) is 11.6 Å². The molecule has 0 unspecified atom stereocenters. The number of benzene rings is 2. The van der Waals surface area contributed by atoms with E-state index < -0.39 is 0 Å². The molecule has 3 nitrogen and oxygen atoms in total. The second kappa shape index (κ2) is 6.39. The lowest BCUT2D eigenvalue weighted by Gasteiger charge is -2.10. The van der Waals surface area contributed by atoms with E-state index in [9.17, 15) is 9.18 Å². The predicted octanol–water partition coefficient (Wildman–Crippen LogP) is 3.81. The Hall–Kier alpha value is -2.07. The third kappa shape index (κ3) is 3.71. The Morgan fingerprint density at radius 3 is 2.65 bits per heavy atom. The predicted molar refractivity (Wildman–Crippen MR) is 76.7 cm³/mol. The van der Waals surface area contributed by atoms with E-state index in [-0.39, 0.29) is 18.3 Å². The number of rotatable bonds is 4. The number of nitrogens with one attached hydrogen (secondary N) is 1. The molecule has 0 aliphatic carbocycles. The smallest absolute Gasteiger partial charge is 0.262 e. The molecule has 2 rings (SSSR count). The van der Waals surface area contributed by atoms with Crippen molar-refractivity contribution in [3.8, 4) is 5.75 Å². The van der Waals surface area contributed by atoms with Crippen molar-refractivity contribution in [3.05, 3.63) is 58.9 Å². The van der Waals surface area contributed by atoms with Gasteiger partial charge in [-0.05, 0) is 43.3 Å². The average molecular weight is 294 g/mol. The van der Waals surface area contributed by atoms with Crippen LogP contribution >= 0.6 is 11.6 Å². The van der Waals surface area contributed by atoms with Gasteiger partial charge in [0.15, 0.2) is 6.61 Å². The van der Waals surface area contributed by atoms with E-state index in [2.05, 4.69) is 5.32 Å². The molecular formula is C15H13ClFNO2. The van der Waals surface area contributed by atoms with Crippen LogP contribution in [-0.2, 0) is 4.79 Å². The number of halogens is 2. The Bertz CT molecular complexity index is 614. The van der Waals surface area contributed by atoms with Crippen molar-refractivity contribution in [2.45, 2.75) is 6.92 Å². The van der Waals surface area contributed by atoms with Gasteiger partial charge in [-0.3, -0.25) is 4.79 Å². The molecule has 2 aromatic rings. The molecule has 0 heterocycles. The van der Waals surface area contributed by atoms with Crippen molar-refractivity contribution < 1.29 is 13.9 Å². The standard InChI is InChI=1S/C15H13ClFNO2/c1-10-13(17)3-2-4-14(10)18-15(19)9-20-12-7-5-11(16)6-8-12/h2-8H,9H2,1H3,(H,18,19). The molecular weight excluding hydrogens is 281 g/mol. The Labute approximate surface area is 121 Å². The number of carbonyl (C=O) groups is 1. The van der Waals surface area contributed by atoms with Gasteiger partial charge in [-0.2, -0.15) is 0 Å². The average Bonchev–Trinajstić information content (AvgIpc) is 2.43. The van der Waals surface area contributed by atoms with E-state index in [0.717, 1.165) is 0 Å². The van der Waals surface area contributed by atoms with Crippen LogP contribution in [0.2, 0.25) is 5.02 Å². The van der Waals surface area contributed by atoms with E-state index in [1.54, 1.807) is 37.3 Å². The molecule has 0 aliphatic heterocycles. The van der Waals surface area contributed by atoms with E-state index in [1.807, 2.05) is 0 Å². The van der Waals surface area contributed by atoms with E-state index in [0.29, 0.717) is 22.0 Å². The summed E-state index contributed by atoms with van der Waals surface area (Å²) in [4.78, 5) is 11.7. The number of hydrogen-bond donors (Lipinski definition) is 1. The summed E-state index contributed by atoms with van der Waals surface area (Å²) in [6.45, 7) is 1.45. The molecule has 0 fully saturated rings. The summed E-state index contributed by atoms with van der Waals surface area (Å²) >= 11 is 5.74. The molecule has 0 bridgehead atoms. The Balaban J connectivity index is 1.92. The zero-order valence-electron chi connectivity index (χ0n) is 10.8. The minimum Gasteiger partial charge on any atom is -0.484 e. The maximum Gasteiger partial charge on any atom is 0.262 e. The van der Waals surface area contributed by atoms with Gasteiger partial charge in [-0.25, -0.2) is 4.39 Å². The number of anilines is 1. The Morgan fingerprint density at radius 2 is 1.95 bits per heavy atom. The highest BCUT2D eigenvalue weighted by atomic mass is 35.5. The third-order valence-electron chi connectivity index (χ3n) is 2.73. The second-order valence-corrected chi connectivity index (χ2v) is 4.64.